The third-order valence-corrected chi connectivity index (χ3v) is 6.22. The molecule has 0 bridgehead atoms. The molecule has 2 aliphatic heterocycles. The molecule has 1 amide bonds. The first kappa shape index (κ1) is 13.4. The summed E-state index contributed by atoms with van der Waals surface area (Å²) in [6.45, 7) is 0. The number of rotatable bonds is 0. The van der Waals surface area contributed by atoms with Gasteiger partial charge in [-0.05, 0) is 46.7 Å². The lowest BCUT2D eigenvalue weighted by atomic mass is 9.75. The quantitative estimate of drug-likeness (QED) is 0.587. The number of anilines is 1. The summed E-state index contributed by atoms with van der Waals surface area (Å²) in [5.74, 6) is 0.954. The van der Waals surface area contributed by atoms with Gasteiger partial charge in [0.05, 0.1) is 6.04 Å². The molecule has 0 unspecified atom stereocenters. The highest BCUT2D eigenvalue weighted by Crippen LogP contribution is 2.58. The maximum Gasteiger partial charge on any atom is 0.259 e. The van der Waals surface area contributed by atoms with Crippen LogP contribution >= 0.6 is 0 Å². The zero-order chi connectivity index (χ0) is 16.5. The molecule has 0 fully saturated rings. The van der Waals surface area contributed by atoms with Crippen molar-refractivity contribution in [2.75, 3.05) is 4.90 Å². The van der Waals surface area contributed by atoms with E-state index in [1.54, 1.807) is 0 Å². The molecule has 3 aromatic rings. The monoisotopic (exact) mass is 323 g/mol. The van der Waals surface area contributed by atoms with Crippen LogP contribution in [0.5, 0.6) is 0 Å². The largest absolute Gasteiger partial charge is 0.300 e. The second-order valence-electron chi connectivity index (χ2n) is 7.31. The normalized spacial score (nSPS) is 25.0. The zero-order valence-electron chi connectivity index (χ0n) is 13.7. The summed E-state index contributed by atoms with van der Waals surface area (Å²) >= 11 is 0. The molecule has 1 aliphatic carbocycles. The highest BCUT2D eigenvalue weighted by molar-refractivity contribution is 6.12. The Morgan fingerprint density at radius 1 is 0.760 bits per heavy atom. The van der Waals surface area contributed by atoms with Crippen molar-refractivity contribution < 1.29 is 4.79 Å². The van der Waals surface area contributed by atoms with Crippen molar-refractivity contribution in [3.8, 4) is 0 Å². The lowest BCUT2D eigenvalue weighted by molar-refractivity contribution is 0.0981. The van der Waals surface area contributed by atoms with Gasteiger partial charge in [-0.3, -0.25) is 4.79 Å². The van der Waals surface area contributed by atoms with Gasteiger partial charge in [0, 0.05) is 17.2 Å². The third kappa shape index (κ3) is 1.57. The van der Waals surface area contributed by atoms with Crippen LogP contribution in [0, 0.1) is 5.92 Å². The molecule has 2 nitrogen and oxygen atoms in total. The zero-order valence-corrected chi connectivity index (χ0v) is 13.7. The lowest BCUT2D eigenvalue weighted by Crippen LogP contribution is -2.39. The van der Waals surface area contributed by atoms with Gasteiger partial charge in [-0.1, -0.05) is 60.7 Å². The number of hydrogen-bond acceptors (Lipinski definition) is 1. The summed E-state index contributed by atoms with van der Waals surface area (Å²) in [4.78, 5) is 15.2. The van der Waals surface area contributed by atoms with Gasteiger partial charge in [0.1, 0.15) is 0 Å². The maximum absolute atomic E-state index is 13.2. The second kappa shape index (κ2) is 4.60. The van der Waals surface area contributed by atoms with Crippen molar-refractivity contribution in [2.24, 2.45) is 5.92 Å². The van der Waals surface area contributed by atoms with Crippen LogP contribution in [0.1, 0.15) is 44.6 Å². The molecule has 25 heavy (non-hydrogen) atoms. The van der Waals surface area contributed by atoms with Crippen molar-refractivity contribution in [2.45, 2.75) is 18.4 Å². The van der Waals surface area contributed by atoms with E-state index >= 15 is 0 Å². The van der Waals surface area contributed by atoms with Crippen LogP contribution in [0.3, 0.4) is 0 Å². The molecule has 0 saturated heterocycles. The van der Waals surface area contributed by atoms with E-state index in [2.05, 4.69) is 59.5 Å². The first-order valence-electron chi connectivity index (χ1n) is 8.94. The van der Waals surface area contributed by atoms with Gasteiger partial charge in [-0.25, -0.2) is 0 Å². The minimum atomic E-state index is 0.149. The molecule has 0 spiro atoms. The van der Waals surface area contributed by atoms with E-state index < -0.39 is 0 Å². The molecular formula is C23H17NO. The molecule has 120 valence electrons. The number of benzene rings is 3. The molecule has 2 heterocycles. The molecule has 0 saturated carbocycles. The standard InChI is InChI=1S/C23H17NO/c25-23-17-10-4-3-9-16(17)22-19-13-14-7-1-2-8-15(14)21(19)18-11-5-6-12-20(18)24(22)23/h1-12,19,21-22H,13H2/t19-,21-,22+/m0/s1. The van der Waals surface area contributed by atoms with Crippen molar-refractivity contribution in [1.29, 1.82) is 0 Å². The fraction of sp³-hybridized carbons (Fsp3) is 0.174. The Morgan fingerprint density at radius 3 is 2.32 bits per heavy atom. The van der Waals surface area contributed by atoms with Gasteiger partial charge in [0.2, 0.25) is 0 Å². The molecule has 2 heteroatoms. The second-order valence-corrected chi connectivity index (χ2v) is 7.31. The summed E-state index contributed by atoms with van der Waals surface area (Å²) in [5.41, 5.74) is 7.34. The van der Waals surface area contributed by atoms with E-state index in [0.29, 0.717) is 11.8 Å². The Bertz CT molecular complexity index is 1040. The number of amides is 1. The summed E-state index contributed by atoms with van der Waals surface area (Å²) < 4.78 is 0. The van der Waals surface area contributed by atoms with E-state index in [4.69, 9.17) is 0 Å². The lowest BCUT2D eigenvalue weighted by Gasteiger charge is -2.41. The Morgan fingerprint density at radius 2 is 1.44 bits per heavy atom. The average molecular weight is 323 g/mol. The first-order valence-corrected chi connectivity index (χ1v) is 8.94. The minimum absolute atomic E-state index is 0.149. The molecule has 3 aromatic carbocycles. The third-order valence-electron chi connectivity index (χ3n) is 6.22. The number of para-hydroxylation sites is 1. The first-order chi connectivity index (χ1) is 12.3. The summed E-state index contributed by atoms with van der Waals surface area (Å²) in [6, 6.07) is 25.6. The number of nitrogens with zero attached hydrogens (tertiary/aromatic N) is 1. The average Bonchev–Trinajstić information content (AvgIpc) is 3.19. The Kier molecular flexibility index (Phi) is 2.47. The Balaban J connectivity index is 1.66. The van der Waals surface area contributed by atoms with Gasteiger partial charge in [0.25, 0.3) is 5.91 Å². The van der Waals surface area contributed by atoms with Crippen molar-refractivity contribution in [3.63, 3.8) is 0 Å². The van der Waals surface area contributed by atoms with E-state index in [-0.39, 0.29) is 11.9 Å². The Labute approximate surface area is 146 Å². The number of carbonyl (C=O) groups excluding carboxylic acids is 1. The maximum atomic E-state index is 13.2. The molecule has 6 rings (SSSR count). The van der Waals surface area contributed by atoms with Crippen LogP contribution in [0.4, 0.5) is 5.69 Å². The predicted molar refractivity (Wildman–Crippen MR) is 97.9 cm³/mol. The van der Waals surface area contributed by atoms with Gasteiger partial charge < -0.3 is 4.90 Å². The van der Waals surface area contributed by atoms with E-state index in [1.807, 2.05) is 18.2 Å². The van der Waals surface area contributed by atoms with Crippen LogP contribution in [-0.2, 0) is 6.42 Å². The number of carbonyl (C=O) groups is 1. The van der Waals surface area contributed by atoms with Crippen LogP contribution in [-0.4, -0.2) is 5.91 Å². The van der Waals surface area contributed by atoms with Gasteiger partial charge in [-0.2, -0.15) is 0 Å². The SMILES string of the molecule is O=C1c2ccccc2[C@@H]2[C@H]3Cc4ccccc4[C@H]3c3ccccc3N12. The van der Waals surface area contributed by atoms with Gasteiger partial charge in [0.15, 0.2) is 0 Å². The molecule has 0 radical (unpaired) electrons. The van der Waals surface area contributed by atoms with Crippen molar-refractivity contribution in [1.82, 2.24) is 0 Å². The van der Waals surface area contributed by atoms with Crippen LogP contribution in [0.15, 0.2) is 72.8 Å². The van der Waals surface area contributed by atoms with Crippen LogP contribution in [0.25, 0.3) is 0 Å². The predicted octanol–water partition coefficient (Wildman–Crippen LogP) is 4.71. The highest BCUT2D eigenvalue weighted by atomic mass is 16.2. The van der Waals surface area contributed by atoms with Crippen LogP contribution < -0.4 is 4.90 Å². The van der Waals surface area contributed by atoms with Gasteiger partial charge in [-0.15, -0.1) is 0 Å². The molecule has 0 N–H and O–H groups in total. The molecule has 0 aromatic heterocycles. The van der Waals surface area contributed by atoms with Crippen LogP contribution in [0.2, 0.25) is 0 Å². The summed E-state index contributed by atoms with van der Waals surface area (Å²) in [7, 11) is 0. The number of hydrogen-bond donors (Lipinski definition) is 0. The minimum Gasteiger partial charge on any atom is -0.300 e. The number of fused-ring (bicyclic) bond motifs is 10. The van der Waals surface area contributed by atoms with Gasteiger partial charge >= 0.3 is 0 Å². The fourth-order valence-electron chi connectivity index (χ4n) is 5.31. The molecule has 3 atom stereocenters. The van der Waals surface area contributed by atoms with E-state index in [9.17, 15) is 4.79 Å². The van der Waals surface area contributed by atoms with Crippen molar-refractivity contribution >= 4 is 11.6 Å². The topological polar surface area (TPSA) is 20.3 Å². The molecular weight excluding hydrogens is 306 g/mol. The fourth-order valence-corrected chi connectivity index (χ4v) is 5.31. The van der Waals surface area contributed by atoms with E-state index in [0.717, 1.165) is 17.7 Å². The van der Waals surface area contributed by atoms with E-state index in [1.165, 1.54) is 22.3 Å². The summed E-state index contributed by atoms with van der Waals surface area (Å²) in [5, 5.41) is 0. The van der Waals surface area contributed by atoms with Crippen molar-refractivity contribution in [3.05, 3.63) is 101 Å². The summed E-state index contributed by atoms with van der Waals surface area (Å²) in [6.07, 6.45) is 1.04. The Hall–Kier alpha value is -2.87. The highest BCUT2D eigenvalue weighted by Gasteiger charge is 2.52. The smallest absolute Gasteiger partial charge is 0.259 e. The molecule has 3 aliphatic rings.